The van der Waals surface area contributed by atoms with Crippen LogP contribution in [-0.4, -0.2) is 22.8 Å². The van der Waals surface area contributed by atoms with Gasteiger partial charge in [0.25, 0.3) is 0 Å². The maximum Gasteiger partial charge on any atom is 0.0743 e. The van der Waals surface area contributed by atoms with Crippen LogP contribution in [0.15, 0.2) is 0 Å². The van der Waals surface area contributed by atoms with Crippen molar-refractivity contribution >= 4 is 0 Å². The molecule has 0 saturated heterocycles. The molecule has 0 aromatic heterocycles. The molecule has 0 aromatic rings. The van der Waals surface area contributed by atoms with Gasteiger partial charge >= 0.3 is 0 Å². The van der Waals surface area contributed by atoms with Crippen LogP contribution in [0.4, 0.5) is 0 Å². The monoisotopic (exact) mass is 201 g/mol. The molecule has 0 bridgehead atoms. The molecule has 0 fully saturated rings. The standard InChI is InChI=1S/C12H27NO/c1-10(2)7-8-12(6,14)9-13-11(3,4)5/h10,13-14H,7-9H2,1-6H3. The van der Waals surface area contributed by atoms with Gasteiger partial charge in [-0.05, 0) is 46.5 Å². The van der Waals surface area contributed by atoms with Crippen molar-refractivity contribution in [1.29, 1.82) is 0 Å². The van der Waals surface area contributed by atoms with Crippen LogP contribution >= 0.6 is 0 Å². The van der Waals surface area contributed by atoms with Gasteiger partial charge in [-0.1, -0.05) is 13.8 Å². The molecular formula is C12H27NO. The molecule has 1 unspecified atom stereocenters. The molecule has 0 amide bonds. The van der Waals surface area contributed by atoms with E-state index in [0.717, 1.165) is 12.8 Å². The van der Waals surface area contributed by atoms with E-state index in [-0.39, 0.29) is 5.54 Å². The van der Waals surface area contributed by atoms with Crippen molar-refractivity contribution in [2.45, 2.75) is 65.5 Å². The van der Waals surface area contributed by atoms with Crippen LogP contribution in [0, 0.1) is 5.92 Å². The second-order valence-corrected chi connectivity index (χ2v) is 6.03. The van der Waals surface area contributed by atoms with Crippen LogP contribution in [0.1, 0.15) is 54.4 Å². The van der Waals surface area contributed by atoms with E-state index in [4.69, 9.17) is 0 Å². The zero-order chi connectivity index (χ0) is 11.4. The highest BCUT2D eigenvalue weighted by molar-refractivity contribution is 4.80. The van der Waals surface area contributed by atoms with E-state index in [0.29, 0.717) is 12.5 Å². The van der Waals surface area contributed by atoms with E-state index in [1.54, 1.807) is 0 Å². The number of hydrogen-bond acceptors (Lipinski definition) is 2. The Kier molecular flexibility index (Phi) is 5.10. The molecule has 0 aromatic carbocycles. The summed E-state index contributed by atoms with van der Waals surface area (Å²) in [7, 11) is 0. The fourth-order valence-electron chi connectivity index (χ4n) is 1.14. The third-order valence-electron chi connectivity index (χ3n) is 2.26. The first-order chi connectivity index (χ1) is 6.12. The second-order valence-electron chi connectivity index (χ2n) is 6.03. The van der Waals surface area contributed by atoms with Crippen LogP contribution in [0.5, 0.6) is 0 Å². The lowest BCUT2D eigenvalue weighted by Gasteiger charge is -2.29. The van der Waals surface area contributed by atoms with Crippen LogP contribution in [-0.2, 0) is 0 Å². The normalized spacial score (nSPS) is 17.1. The summed E-state index contributed by atoms with van der Waals surface area (Å²) in [6, 6.07) is 0. The Labute approximate surface area is 89.1 Å². The molecule has 14 heavy (non-hydrogen) atoms. The minimum absolute atomic E-state index is 0.0851. The molecule has 0 radical (unpaired) electrons. The molecule has 0 rings (SSSR count). The average molecular weight is 201 g/mol. The molecule has 0 spiro atoms. The summed E-state index contributed by atoms with van der Waals surface area (Å²) in [5, 5.41) is 13.4. The highest BCUT2D eigenvalue weighted by Crippen LogP contribution is 2.16. The number of aliphatic hydroxyl groups is 1. The molecule has 0 aliphatic carbocycles. The fraction of sp³-hybridized carbons (Fsp3) is 1.00. The molecule has 86 valence electrons. The summed E-state index contributed by atoms with van der Waals surface area (Å²) in [4.78, 5) is 0. The Morgan fingerprint density at radius 2 is 1.64 bits per heavy atom. The summed E-state index contributed by atoms with van der Waals surface area (Å²) in [6.07, 6.45) is 1.95. The number of hydrogen-bond donors (Lipinski definition) is 2. The first kappa shape index (κ1) is 13.9. The first-order valence-electron chi connectivity index (χ1n) is 5.60. The minimum atomic E-state index is -0.572. The maximum absolute atomic E-state index is 10.1. The molecule has 2 N–H and O–H groups in total. The van der Waals surface area contributed by atoms with E-state index in [1.165, 1.54) is 0 Å². The molecule has 2 nitrogen and oxygen atoms in total. The van der Waals surface area contributed by atoms with E-state index in [1.807, 2.05) is 6.92 Å². The highest BCUT2D eigenvalue weighted by atomic mass is 16.3. The zero-order valence-electron chi connectivity index (χ0n) is 10.6. The number of β-amino-alcohol motifs (C(OH)–C–C–N with tert-alkyl or cyclic N) is 1. The Bertz CT molecular complexity index is 156. The van der Waals surface area contributed by atoms with E-state index < -0.39 is 5.60 Å². The highest BCUT2D eigenvalue weighted by Gasteiger charge is 2.22. The van der Waals surface area contributed by atoms with Crippen LogP contribution in [0.3, 0.4) is 0 Å². The SMILES string of the molecule is CC(C)CCC(C)(O)CNC(C)(C)C. The lowest BCUT2D eigenvalue weighted by atomic mass is 9.94. The lowest BCUT2D eigenvalue weighted by Crippen LogP contribution is -2.46. The molecule has 0 saturated carbocycles. The van der Waals surface area contributed by atoms with Gasteiger partial charge in [-0.25, -0.2) is 0 Å². The topological polar surface area (TPSA) is 32.3 Å². The van der Waals surface area contributed by atoms with Crippen LogP contribution < -0.4 is 5.32 Å². The van der Waals surface area contributed by atoms with Gasteiger partial charge in [0.05, 0.1) is 5.60 Å². The quantitative estimate of drug-likeness (QED) is 0.716. The summed E-state index contributed by atoms with van der Waals surface area (Å²) in [6.45, 7) is 13.3. The van der Waals surface area contributed by atoms with Crippen molar-refractivity contribution in [2.24, 2.45) is 5.92 Å². The Morgan fingerprint density at radius 3 is 2.00 bits per heavy atom. The lowest BCUT2D eigenvalue weighted by molar-refractivity contribution is 0.0393. The van der Waals surface area contributed by atoms with E-state index in [9.17, 15) is 5.11 Å². The van der Waals surface area contributed by atoms with Crippen molar-refractivity contribution in [3.63, 3.8) is 0 Å². The van der Waals surface area contributed by atoms with Crippen molar-refractivity contribution < 1.29 is 5.11 Å². The van der Waals surface area contributed by atoms with Gasteiger partial charge in [-0.15, -0.1) is 0 Å². The Hall–Kier alpha value is -0.0800. The third kappa shape index (κ3) is 8.52. The number of nitrogens with one attached hydrogen (secondary N) is 1. The predicted octanol–water partition coefficient (Wildman–Crippen LogP) is 2.56. The van der Waals surface area contributed by atoms with Gasteiger partial charge in [-0.3, -0.25) is 0 Å². The molecule has 1 atom stereocenters. The van der Waals surface area contributed by atoms with E-state index >= 15 is 0 Å². The summed E-state index contributed by atoms with van der Waals surface area (Å²) in [5.41, 5.74) is -0.487. The van der Waals surface area contributed by atoms with Gasteiger partial charge in [0, 0.05) is 12.1 Å². The predicted molar refractivity (Wildman–Crippen MR) is 62.5 cm³/mol. The maximum atomic E-state index is 10.1. The minimum Gasteiger partial charge on any atom is -0.389 e. The van der Waals surface area contributed by atoms with Crippen LogP contribution in [0.25, 0.3) is 0 Å². The van der Waals surface area contributed by atoms with Gasteiger partial charge < -0.3 is 10.4 Å². The van der Waals surface area contributed by atoms with Gasteiger partial charge in [0.2, 0.25) is 0 Å². The van der Waals surface area contributed by atoms with Crippen LogP contribution in [0.2, 0.25) is 0 Å². The van der Waals surface area contributed by atoms with Crippen molar-refractivity contribution in [1.82, 2.24) is 5.32 Å². The summed E-state index contributed by atoms with van der Waals surface area (Å²) in [5.74, 6) is 0.663. The molecule has 0 heterocycles. The van der Waals surface area contributed by atoms with Crippen molar-refractivity contribution in [3.05, 3.63) is 0 Å². The van der Waals surface area contributed by atoms with Gasteiger partial charge in [0.15, 0.2) is 0 Å². The molecule has 0 aliphatic heterocycles. The van der Waals surface area contributed by atoms with Crippen molar-refractivity contribution in [2.75, 3.05) is 6.54 Å². The Balaban J connectivity index is 3.83. The first-order valence-corrected chi connectivity index (χ1v) is 5.60. The average Bonchev–Trinajstić information content (AvgIpc) is 1.97. The number of rotatable bonds is 5. The largest absolute Gasteiger partial charge is 0.389 e. The summed E-state index contributed by atoms with van der Waals surface area (Å²) < 4.78 is 0. The fourth-order valence-corrected chi connectivity index (χ4v) is 1.14. The van der Waals surface area contributed by atoms with Gasteiger partial charge in [-0.2, -0.15) is 0 Å². The summed E-state index contributed by atoms with van der Waals surface area (Å²) >= 11 is 0. The zero-order valence-corrected chi connectivity index (χ0v) is 10.6. The van der Waals surface area contributed by atoms with Crippen molar-refractivity contribution in [3.8, 4) is 0 Å². The third-order valence-corrected chi connectivity index (χ3v) is 2.26. The van der Waals surface area contributed by atoms with E-state index in [2.05, 4.69) is 39.9 Å². The smallest absolute Gasteiger partial charge is 0.0743 e. The molecule has 0 aliphatic rings. The second kappa shape index (κ2) is 5.13. The molecular weight excluding hydrogens is 174 g/mol. The van der Waals surface area contributed by atoms with Gasteiger partial charge in [0.1, 0.15) is 0 Å². The Morgan fingerprint density at radius 1 is 1.14 bits per heavy atom. The molecule has 2 heteroatoms.